The number of allylic oxidation sites excluding steroid dienone is 1. The Kier molecular flexibility index (Phi) is 9.73. The molecule has 12 atom stereocenters. The lowest BCUT2D eigenvalue weighted by molar-refractivity contribution is -0.210. The van der Waals surface area contributed by atoms with Crippen molar-refractivity contribution in [2.24, 2.45) is 51.5 Å². The minimum atomic E-state index is -2.63. The zero-order valence-corrected chi connectivity index (χ0v) is 32.6. The number of rotatable bonds is 7. The van der Waals surface area contributed by atoms with E-state index in [1.54, 1.807) is 5.57 Å². The van der Waals surface area contributed by atoms with Crippen LogP contribution in [-0.2, 0) is 9.16 Å². The Bertz CT molecular complexity index is 1550. The number of benzene rings is 2. The molecule has 6 nitrogen and oxygen atoms in total. The number of aliphatic hydroxyl groups is 1. The Balaban J connectivity index is 1.16. The van der Waals surface area contributed by atoms with E-state index in [0.29, 0.717) is 17.8 Å². The molecule has 2 aromatic rings. The Hall–Kier alpha value is -2.41. The molecule has 5 aliphatic rings. The summed E-state index contributed by atoms with van der Waals surface area (Å²) in [6, 6.07) is 22.2. The highest BCUT2D eigenvalue weighted by Crippen LogP contribution is 2.68. The summed E-state index contributed by atoms with van der Waals surface area (Å²) in [5.74, 6) is 2.44. The molecule has 0 amide bonds. The first-order valence-corrected chi connectivity index (χ1v) is 21.6. The first kappa shape index (κ1) is 36.0. The summed E-state index contributed by atoms with van der Waals surface area (Å²) in [7, 11) is -2.63. The van der Waals surface area contributed by atoms with Crippen molar-refractivity contribution in [3.05, 3.63) is 82.8 Å². The third-order valence-electron chi connectivity index (χ3n) is 15.0. The van der Waals surface area contributed by atoms with Crippen LogP contribution in [0.25, 0.3) is 10.4 Å². The van der Waals surface area contributed by atoms with Gasteiger partial charge in [-0.25, -0.2) is 0 Å². The number of ether oxygens (including phenoxy) is 1. The molecule has 1 aliphatic heterocycles. The van der Waals surface area contributed by atoms with Gasteiger partial charge in [0.1, 0.15) is 0 Å². The van der Waals surface area contributed by atoms with Crippen LogP contribution in [0.15, 0.2) is 77.4 Å². The van der Waals surface area contributed by atoms with Gasteiger partial charge < -0.3 is 14.3 Å². The molecule has 0 radical (unpaired) electrons. The molecule has 1 N–H and O–H groups in total. The van der Waals surface area contributed by atoms with Gasteiger partial charge in [-0.3, -0.25) is 0 Å². The Labute approximate surface area is 302 Å². The van der Waals surface area contributed by atoms with Crippen molar-refractivity contribution in [1.82, 2.24) is 0 Å². The van der Waals surface area contributed by atoms with E-state index in [0.717, 1.165) is 44.9 Å². The van der Waals surface area contributed by atoms with Crippen molar-refractivity contribution >= 4 is 18.7 Å². The Morgan fingerprint density at radius 3 is 2.22 bits per heavy atom. The van der Waals surface area contributed by atoms with E-state index < -0.39 is 14.6 Å². The highest BCUT2D eigenvalue weighted by molar-refractivity contribution is 6.99. The second kappa shape index (κ2) is 13.5. The zero-order valence-electron chi connectivity index (χ0n) is 31.6. The van der Waals surface area contributed by atoms with Crippen molar-refractivity contribution in [2.45, 2.75) is 136 Å². The molecule has 3 saturated carbocycles. The lowest BCUT2D eigenvalue weighted by atomic mass is 9.47. The van der Waals surface area contributed by atoms with Gasteiger partial charge in [0.15, 0.2) is 6.29 Å². The fourth-order valence-corrected chi connectivity index (χ4v) is 17.1. The summed E-state index contributed by atoms with van der Waals surface area (Å²) < 4.78 is 13.9. The molecule has 2 aromatic carbocycles. The van der Waals surface area contributed by atoms with Crippen LogP contribution in [0.5, 0.6) is 0 Å². The van der Waals surface area contributed by atoms with Gasteiger partial charge in [-0.1, -0.05) is 126 Å². The Morgan fingerprint density at radius 1 is 0.960 bits per heavy atom. The molecule has 4 fully saturated rings. The average Bonchev–Trinajstić information content (AvgIpc) is 3.40. The second-order valence-corrected chi connectivity index (χ2v) is 22.7. The molecule has 50 heavy (non-hydrogen) atoms. The smallest absolute Gasteiger partial charge is 0.261 e. The largest absolute Gasteiger partial charge is 0.404 e. The monoisotopic (exact) mass is 695 g/mol. The number of hydrogen-bond donors (Lipinski definition) is 1. The van der Waals surface area contributed by atoms with Crippen LogP contribution in [0.1, 0.15) is 106 Å². The number of nitrogens with zero attached hydrogens (tertiary/aromatic N) is 3. The average molecular weight is 696 g/mol. The maximum Gasteiger partial charge on any atom is 0.261 e. The van der Waals surface area contributed by atoms with Crippen LogP contribution in [0, 0.1) is 46.3 Å². The van der Waals surface area contributed by atoms with Crippen LogP contribution in [-0.4, -0.2) is 38.0 Å². The first-order chi connectivity index (χ1) is 23.8. The van der Waals surface area contributed by atoms with Crippen LogP contribution in [0.3, 0.4) is 0 Å². The molecule has 0 spiro atoms. The van der Waals surface area contributed by atoms with Gasteiger partial charge >= 0.3 is 0 Å². The van der Waals surface area contributed by atoms with E-state index >= 15 is 0 Å². The maximum atomic E-state index is 10.6. The predicted octanol–water partition coefficient (Wildman–Crippen LogP) is 9.57. The normalized spacial score (nSPS) is 39.3. The highest BCUT2D eigenvalue weighted by Gasteiger charge is 2.63. The molecule has 270 valence electrons. The number of hydrogen-bond acceptors (Lipinski definition) is 4. The fourth-order valence-electron chi connectivity index (χ4n) is 12.4. The summed E-state index contributed by atoms with van der Waals surface area (Å²) in [6.07, 6.45) is 11.8. The van der Waals surface area contributed by atoms with Gasteiger partial charge in [0.05, 0.1) is 6.10 Å². The van der Waals surface area contributed by atoms with E-state index in [1.807, 2.05) is 0 Å². The predicted molar refractivity (Wildman–Crippen MR) is 204 cm³/mol. The maximum absolute atomic E-state index is 10.6. The third kappa shape index (κ3) is 5.84. The molecule has 7 heteroatoms. The van der Waals surface area contributed by atoms with Crippen molar-refractivity contribution < 1.29 is 14.3 Å². The molecule has 0 bridgehead atoms. The van der Waals surface area contributed by atoms with Crippen LogP contribution in [0.4, 0.5) is 0 Å². The van der Waals surface area contributed by atoms with Crippen molar-refractivity contribution in [1.29, 1.82) is 0 Å². The van der Waals surface area contributed by atoms with E-state index in [2.05, 4.69) is 125 Å². The van der Waals surface area contributed by atoms with E-state index in [4.69, 9.17) is 9.16 Å². The van der Waals surface area contributed by atoms with Gasteiger partial charge in [0, 0.05) is 23.0 Å². The van der Waals surface area contributed by atoms with Crippen molar-refractivity contribution in [3.8, 4) is 0 Å². The lowest BCUT2D eigenvalue weighted by Crippen LogP contribution is -2.68. The van der Waals surface area contributed by atoms with Crippen LogP contribution >= 0.6 is 0 Å². The molecular formula is C43H61N3O3Si. The molecule has 7 rings (SSSR count). The highest BCUT2D eigenvalue weighted by atomic mass is 28.4. The molecular weight excluding hydrogens is 635 g/mol. The van der Waals surface area contributed by atoms with Crippen LogP contribution in [0.2, 0.25) is 5.04 Å². The van der Waals surface area contributed by atoms with Crippen molar-refractivity contribution in [3.63, 3.8) is 0 Å². The van der Waals surface area contributed by atoms with Gasteiger partial charge in [0.2, 0.25) is 0 Å². The van der Waals surface area contributed by atoms with E-state index in [-0.39, 0.29) is 51.9 Å². The lowest BCUT2D eigenvalue weighted by Gasteiger charge is -2.59. The summed E-state index contributed by atoms with van der Waals surface area (Å²) in [5, 5.41) is 17.8. The zero-order chi connectivity index (χ0) is 35.5. The standard InChI is InChI=1S/C43H61N3O3Si/c1-28-18-21-38(48-40(28)47)29(2)39-37(45-46-44)27-36-34-20-19-30-26-31(22-24-42(30,6)35(34)23-25-43(36,39)7)49-50(41(3,4)5,32-14-10-8-11-15-32)33-16-12-9-13-17-33/h8-17,19,28-29,31,34-40,47H,18,20-27H2,1-7H3/t28-,29+,31-,34+,35-,36-,37-,38+,39-,40?,42-,43-/m0/s1. The van der Waals surface area contributed by atoms with Gasteiger partial charge in [-0.05, 0) is 119 Å². The topological polar surface area (TPSA) is 87.5 Å². The number of aliphatic hydroxyl groups excluding tert-OH is 1. The summed E-state index contributed by atoms with van der Waals surface area (Å²) >= 11 is 0. The van der Waals surface area contributed by atoms with E-state index in [1.165, 1.54) is 23.2 Å². The summed E-state index contributed by atoms with van der Waals surface area (Å²) in [6.45, 7) is 16.6. The van der Waals surface area contributed by atoms with Crippen molar-refractivity contribution in [2.75, 3.05) is 0 Å². The first-order valence-electron chi connectivity index (χ1n) is 19.7. The van der Waals surface area contributed by atoms with Gasteiger partial charge in [-0.15, -0.1) is 0 Å². The minimum Gasteiger partial charge on any atom is -0.404 e. The SMILES string of the molecule is C[C@@H]([C@H]1[C@@H](N=[N+]=[N-])C[C@H]2[C@@H]3CC=C4C[C@@H](O[Si](c5ccccc5)(c5ccccc5)C(C)(C)C)CC[C@]4(C)[C@H]3CC[C@]12C)[C@H]1CC[C@H](C)C(O)O1. The fraction of sp³-hybridized carbons (Fsp3) is 0.674. The van der Waals surface area contributed by atoms with Gasteiger partial charge in [0.25, 0.3) is 8.32 Å². The number of fused-ring (bicyclic) bond motifs is 5. The quantitative estimate of drug-likeness (QED) is 0.103. The molecule has 1 saturated heterocycles. The van der Waals surface area contributed by atoms with Crippen LogP contribution < -0.4 is 10.4 Å². The molecule has 1 heterocycles. The summed E-state index contributed by atoms with van der Waals surface area (Å²) in [5.41, 5.74) is 11.6. The van der Waals surface area contributed by atoms with Gasteiger partial charge in [-0.2, -0.15) is 0 Å². The second-order valence-electron chi connectivity index (χ2n) is 18.5. The summed E-state index contributed by atoms with van der Waals surface area (Å²) in [4.78, 5) is 3.41. The molecule has 0 aromatic heterocycles. The molecule has 1 unspecified atom stereocenters. The van der Waals surface area contributed by atoms with E-state index in [9.17, 15) is 10.6 Å². The minimum absolute atomic E-state index is 0.0112. The Morgan fingerprint density at radius 2 is 1.62 bits per heavy atom. The molecule has 4 aliphatic carbocycles. The third-order valence-corrected chi connectivity index (χ3v) is 20.1. The number of azide groups is 1.